The fourth-order valence-electron chi connectivity index (χ4n) is 3.52. The van der Waals surface area contributed by atoms with Crippen LogP contribution in [0, 0.1) is 6.92 Å². The van der Waals surface area contributed by atoms with Crippen molar-refractivity contribution in [2.45, 2.75) is 38.0 Å². The molecule has 2 aromatic heterocycles. The Morgan fingerprint density at radius 2 is 2.11 bits per heavy atom. The normalized spacial score (nSPS) is 15.2. The third kappa shape index (κ3) is 2.93. The summed E-state index contributed by atoms with van der Waals surface area (Å²) < 4.78 is 7.50. The molecule has 3 heterocycles. The Morgan fingerprint density at radius 3 is 2.79 bits per heavy atom. The van der Waals surface area contributed by atoms with Crippen LogP contribution in [0.2, 0.25) is 0 Å². The van der Waals surface area contributed by atoms with Crippen molar-refractivity contribution in [2.75, 3.05) is 11.2 Å². The summed E-state index contributed by atoms with van der Waals surface area (Å²) in [7, 11) is 0. The SMILES string of the molecule is CCCC(=O)N1c2ccccc2-c2c(=O)[nH]c(SC)n[n+]2[C@H]1c1ccc(C)o1. The minimum atomic E-state index is -0.661. The maximum Gasteiger partial charge on any atom is 0.325 e. The van der Waals surface area contributed by atoms with Gasteiger partial charge in [0.2, 0.25) is 11.1 Å². The number of para-hydroxylation sites is 1. The van der Waals surface area contributed by atoms with Gasteiger partial charge in [0.1, 0.15) is 5.76 Å². The van der Waals surface area contributed by atoms with Crippen molar-refractivity contribution in [3.05, 3.63) is 58.3 Å². The zero-order valence-corrected chi connectivity index (χ0v) is 16.7. The van der Waals surface area contributed by atoms with E-state index in [0.29, 0.717) is 34.3 Å². The largest absolute Gasteiger partial charge is 0.457 e. The molecular weight excluding hydrogens is 376 g/mol. The molecule has 0 saturated carbocycles. The zero-order chi connectivity index (χ0) is 19.8. The number of aromatic amines is 1. The quantitative estimate of drug-likeness (QED) is 0.540. The molecule has 1 aliphatic rings. The first-order valence-electron chi connectivity index (χ1n) is 9.13. The van der Waals surface area contributed by atoms with E-state index in [1.165, 1.54) is 11.8 Å². The highest BCUT2D eigenvalue weighted by atomic mass is 32.2. The van der Waals surface area contributed by atoms with Crippen molar-refractivity contribution in [1.29, 1.82) is 0 Å². The topological polar surface area (TPSA) is 83.1 Å². The van der Waals surface area contributed by atoms with Crippen molar-refractivity contribution in [1.82, 2.24) is 10.1 Å². The van der Waals surface area contributed by atoms with E-state index in [-0.39, 0.29) is 11.5 Å². The van der Waals surface area contributed by atoms with Crippen LogP contribution in [0.3, 0.4) is 0 Å². The van der Waals surface area contributed by atoms with Crippen LogP contribution in [0.5, 0.6) is 0 Å². The van der Waals surface area contributed by atoms with E-state index >= 15 is 0 Å². The molecule has 28 heavy (non-hydrogen) atoms. The van der Waals surface area contributed by atoms with Gasteiger partial charge in [0, 0.05) is 11.5 Å². The van der Waals surface area contributed by atoms with Gasteiger partial charge in [-0.3, -0.25) is 14.6 Å². The molecule has 0 radical (unpaired) electrons. The minimum Gasteiger partial charge on any atom is -0.457 e. The van der Waals surface area contributed by atoms with Crippen LogP contribution in [0.4, 0.5) is 5.69 Å². The molecule has 1 aliphatic heterocycles. The van der Waals surface area contributed by atoms with Gasteiger partial charge in [-0.15, -0.1) is 0 Å². The van der Waals surface area contributed by atoms with E-state index in [1.807, 2.05) is 56.5 Å². The van der Waals surface area contributed by atoms with Crippen LogP contribution < -0.4 is 15.1 Å². The van der Waals surface area contributed by atoms with Crippen molar-refractivity contribution in [2.24, 2.45) is 0 Å². The van der Waals surface area contributed by atoms with Gasteiger partial charge in [-0.2, -0.15) is 0 Å². The van der Waals surface area contributed by atoms with Crippen molar-refractivity contribution in [3.8, 4) is 11.3 Å². The van der Waals surface area contributed by atoms with Gasteiger partial charge in [-0.25, -0.2) is 4.90 Å². The van der Waals surface area contributed by atoms with E-state index < -0.39 is 6.17 Å². The molecule has 144 valence electrons. The number of carbonyl (C=O) groups excluding carboxylic acids is 1. The van der Waals surface area contributed by atoms with Gasteiger partial charge in [0.25, 0.3) is 0 Å². The highest BCUT2D eigenvalue weighted by Gasteiger charge is 2.47. The first-order chi connectivity index (χ1) is 13.5. The van der Waals surface area contributed by atoms with Crippen molar-refractivity contribution >= 4 is 23.4 Å². The molecule has 0 fully saturated rings. The smallest absolute Gasteiger partial charge is 0.325 e. The summed E-state index contributed by atoms with van der Waals surface area (Å²) in [5, 5.41) is 5.10. The summed E-state index contributed by atoms with van der Waals surface area (Å²) in [6, 6.07) is 11.1. The Labute approximate surface area is 166 Å². The third-order valence-electron chi connectivity index (χ3n) is 4.70. The maximum absolute atomic E-state index is 13.2. The number of anilines is 1. The average Bonchev–Trinajstić information content (AvgIpc) is 3.12. The summed E-state index contributed by atoms with van der Waals surface area (Å²) in [5.74, 6) is 1.25. The Balaban J connectivity index is 2.05. The second-order valence-electron chi connectivity index (χ2n) is 6.61. The summed E-state index contributed by atoms with van der Waals surface area (Å²) >= 11 is 1.34. The number of nitrogens with one attached hydrogen (secondary N) is 1. The molecule has 7 nitrogen and oxygen atoms in total. The summed E-state index contributed by atoms with van der Waals surface area (Å²) in [6.45, 7) is 3.82. The number of amides is 1. The molecule has 0 aliphatic carbocycles. The Morgan fingerprint density at radius 1 is 1.32 bits per heavy atom. The number of hydrogen-bond donors (Lipinski definition) is 1. The fourth-order valence-corrected chi connectivity index (χ4v) is 3.88. The van der Waals surface area contributed by atoms with Gasteiger partial charge < -0.3 is 4.42 Å². The van der Waals surface area contributed by atoms with Gasteiger partial charge in [0.15, 0.2) is 5.76 Å². The van der Waals surface area contributed by atoms with E-state index in [9.17, 15) is 9.59 Å². The van der Waals surface area contributed by atoms with Crippen LogP contribution in [0.25, 0.3) is 11.3 Å². The number of furan rings is 1. The lowest BCUT2D eigenvalue weighted by molar-refractivity contribution is -0.764. The molecule has 0 bridgehead atoms. The molecule has 0 saturated heterocycles. The van der Waals surface area contributed by atoms with Crippen LogP contribution >= 0.6 is 11.8 Å². The van der Waals surface area contributed by atoms with Gasteiger partial charge in [-0.05, 0) is 48.5 Å². The summed E-state index contributed by atoms with van der Waals surface area (Å²) in [6.07, 6.45) is 2.29. The predicted molar refractivity (Wildman–Crippen MR) is 106 cm³/mol. The molecule has 1 N–H and O–H groups in total. The lowest BCUT2D eigenvalue weighted by atomic mass is 10.0. The molecule has 8 heteroatoms. The number of H-pyrrole nitrogens is 1. The molecule has 4 rings (SSSR count). The van der Waals surface area contributed by atoms with E-state index in [4.69, 9.17) is 4.42 Å². The first-order valence-corrected chi connectivity index (χ1v) is 10.4. The third-order valence-corrected chi connectivity index (χ3v) is 5.27. The molecule has 1 amide bonds. The maximum atomic E-state index is 13.2. The van der Waals surface area contributed by atoms with E-state index in [0.717, 1.165) is 12.2 Å². The van der Waals surface area contributed by atoms with Crippen LogP contribution in [0.1, 0.15) is 37.5 Å². The molecular formula is C20H21N4O3S+. The van der Waals surface area contributed by atoms with E-state index in [1.54, 1.807) is 9.58 Å². The number of hydrogen-bond acceptors (Lipinski definition) is 5. The second kappa shape index (κ2) is 7.27. The number of aryl methyl sites for hydroxylation is 1. The van der Waals surface area contributed by atoms with Gasteiger partial charge in [-0.1, -0.05) is 30.8 Å². The molecule has 0 unspecified atom stereocenters. The monoisotopic (exact) mass is 397 g/mol. The van der Waals surface area contributed by atoms with Gasteiger partial charge in [0.05, 0.1) is 11.3 Å². The minimum absolute atomic E-state index is 0.0417. The molecule has 1 atom stereocenters. The predicted octanol–water partition coefficient (Wildman–Crippen LogP) is 3.04. The lowest BCUT2D eigenvalue weighted by Gasteiger charge is -2.30. The van der Waals surface area contributed by atoms with Crippen LogP contribution in [-0.2, 0) is 4.79 Å². The highest BCUT2D eigenvalue weighted by molar-refractivity contribution is 7.98. The number of rotatable bonds is 4. The first kappa shape index (κ1) is 18.5. The number of thioether (sulfide) groups is 1. The zero-order valence-electron chi connectivity index (χ0n) is 15.9. The standard InChI is InChI=1S/C20H20N4O3S/c1-4-7-16(25)23-14-9-6-5-8-13(14)17-18(26)21-20(28-3)22-24(17)19(23)15-11-10-12(2)27-15/h5-6,8-11,19H,4,7H2,1-3H3/p+1/t19-/m0/s1. The Bertz CT molecular complexity index is 1100. The van der Waals surface area contributed by atoms with Gasteiger partial charge >= 0.3 is 17.4 Å². The van der Waals surface area contributed by atoms with Crippen molar-refractivity contribution < 1.29 is 13.9 Å². The van der Waals surface area contributed by atoms with Crippen molar-refractivity contribution in [3.63, 3.8) is 0 Å². The molecule has 1 aromatic carbocycles. The number of carbonyl (C=O) groups is 1. The molecule has 3 aromatic rings. The van der Waals surface area contributed by atoms with E-state index in [2.05, 4.69) is 10.1 Å². The number of nitrogens with zero attached hydrogens (tertiary/aromatic N) is 3. The molecule has 0 spiro atoms. The highest BCUT2D eigenvalue weighted by Crippen LogP contribution is 2.38. The lowest BCUT2D eigenvalue weighted by Crippen LogP contribution is -2.60. The second-order valence-corrected chi connectivity index (χ2v) is 7.40. The summed E-state index contributed by atoms with van der Waals surface area (Å²) in [5.41, 5.74) is 1.52. The number of fused-ring (bicyclic) bond motifs is 3. The summed E-state index contributed by atoms with van der Waals surface area (Å²) in [4.78, 5) is 30.6. The van der Waals surface area contributed by atoms with Crippen LogP contribution in [-0.4, -0.2) is 22.2 Å². The average molecular weight is 397 g/mol. The Kier molecular flexibility index (Phi) is 4.80. The number of benzene rings is 1. The number of aromatic nitrogens is 3. The van der Waals surface area contributed by atoms with Crippen LogP contribution in [0.15, 0.2) is 50.8 Å². The fraction of sp³-hybridized carbons (Fsp3) is 0.300. The Hall–Kier alpha value is -2.87.